The molecule has 3 aromatic rings. The molecule has 2 aromatic carbocycles. The van der Waals surface area contributed by atoms with Gasteiger partial charge in [-0.3, -0.25) is 10.3 Å². The summed E-state index contributed by atoms with van der Waals surface area (Å²) in [4.78, 5) is 25.3. The van der Waals surface area contributed by atoms with Crippen molar-refractivity contribution in [3.63, 3.8) is 0 Å². The van der Waals surface area contributed by atoms with Gasteiger partial charge < -0.3 is 25.4 Å². The molecule has 226 valence electrons. The molecule has 1 aromatic heterocycles. The lowest BCUT2D eigenvalue weighted by Gasteiger charge is -2.59. The van der Waals surface area contributed by atoms with Crippen LogP contribution >= 0.6 is 0 Å². The Balaban J connectivity index is 1.01. The summed E-state index contributed by atoms with van der Waals surface area (Å²) in [6.45, 7) is 9.39. The zero-order valence-corrected chi connectivity index (χ0v) is 25.2. The second kappa shape index (κ2) is 11.5. The monoisotopic (exact) mass is 583 g/mol. The van der Waals surface area contributed by atoms with Crippen molar-refractivity contribution in [2.24, 2.45) is 5.41 Å². The van der Waals surface area contributed by atoms with Crippen molar-refractivity contribution in [2.45, 2.75) is 64.1 Å². The average molecular weight is 584 g/mol. The van der Waals surface area contributed by atoms with Crippen molar-refractivity contribution in [3.8, 4) is 11.5 Å². The molecule has 10 nitrogen and oxygen atoms in total. The number of rotatable bonds is 7. The third-order valence-electron chi connectivity index (χ3n) is 8.74. The molecule has 1 spiro atoms. The van der Waals surface area contributed by atoms with E-state index in [9.17, 15) is 4.79 Å². The minimum absolute atomic E-state index is 0.211. The molecule has 3 fully saturated rings. The highest BCUT2D eigenvalue weighted by Gasteiger charge is 2.50. The molecule has 10 heteroatoms. The van der Waals surface area contributed by atoms with Crippen LogP contribution in [0.2, 0.25) is 0 Å². The fraction of sp³-hybridized carbons (Fsp3) is 0.455. The molecule has 0 radical (unpaired) electrons. The molecule has 2 aliphatic heterocycles. The van der Waals surface area contributed by atoms with Gasteiger partial charge in [0.25, 0.3) is 0 Å². The van der Waals surface area contributed by atoms with Crippen LogP contribution in [0.3, 0.4) is 0 Å². The van der Waals surface area contributed by atoms with Gasteiger partial charge in [-0.25, -0.2) is 14.8 Å². The number of hydrogen-bond acceptors (Lipinski definition) is 9. The minimum Gasteiger partial charge on any atom is -0.457 e. The Morgan fingerprint density at radius 3 is 2.30 bits per heavy atom. The number of carbonyl (C=O) groups excluding carboxylic acids is 1. The first-order valence-electron chi connectivity index (χ1n) is 15.1. The Morgan fingerprint density at radius 1 is 1.00 bits per heavy atom. The predicted octanol–water partition coefficient (Wildman–Crippen LogP) is 5.54. The fourth-order valence-electron chi connectivity index (χ4n) is 6.33. The van der Waals surface area contributed by atoms with E-state index in [0.717, 1.165) is 57.6 Å². The number of anilines is 2. The van der Waals surface area contributed by atoms with Crippen LogP contribution in [0.25, 0.3) is 0 Å². The number of likely N-dealkylation sites (tertiary alicyclic amines) is 2. The first-order valence-corrected chi connectivity index (χ1v) is 15.1. The van der Waals surface area contributed by atoms with Crippen molar-refractivity contribution < 1.29 is 14.3 Å². The van der Waals surface area contributed by atoms with E-state index in [1.807, 2.05) is 75.4 Å². The Morgan fingerprint density at radius 2 is 1.65 bits per heavy atom. The summed E-state index contributed by atoms with van der Waals surface area (Å²) in [6, 6.07) is 17.7. The van der Waals surface area contributed by atoms with Gasteiger partial charge in [-0.1, -0.05) is 18.2 Å². The van der Waals surface area contributed by atoms with Crippen LogP contribution in [0.1, 0.15) is 57.6 Å². The lowest BCUT2D eigenvalue weighted by molar-refractivity contribution is -0.0963. The van der Waals surface area contributed by atoms with E-state index in [1.54, 1.807) is 4.90 Å². The molecule has 0 unspecified atom stereocenters. The Hall–Kier alpha value is -4.18. The lowest BCUT2D eigenvalue weighted by atomic mass is 9.66. The molecule has 2 saturated heterocycles. The highest BCUT2D eigenvalue weighted by Crippen LogP contribution is 2.46. The summed E-state index contributed by atoms with van der Waals surface area (Å²) in [6.07, 6.45) is 5.59. The van der Waals surface area contributed by atoms with E-state index in [4.69, 9.17) is 20.6 Å². The number of ether oxygens (including phenoxy) is 2. The molecule has 1 aliphatic carbocycles. The van der Waals surface area contributed by atoms with Crippen molar-refractivity contribution >= 4 is 23.4 Å². The fourth-order valence-corrected chi connectivity index (χ4v) is 6.33. The molecular formula is C33H41N7O3. The molecule has 3 aliphatic rings. The van der Waals surface area contributed by atoms with Gasteiger partial charge in [0.05, 0.1) is 11.3 Å². The van der Waals surface area contributed by atoms with Crippen molar-refractivity contribution in [1.29, 1.82) is 5.41 Å². The van der Waals surface area contributed by atoms with E-state index < -0.39 is 5.60 Å². The van der Waals surface area contributed by atoms with Gasteiger partial charge >= 0.3 is 6.09 Å². The Labute approximate surface area is 253 Å². The summed E-state index contributed by atoms with van der Waals surface area (Å²) >= 11 is 0. The third-order valence-corrected chi connectivity index (χ3v) is 8.74. The van der Waals surface area contributed by atoms with Crippen LogP contribution in [0.15, 0.2) is 60.9 Å². The maximum absolute atomic E-state index is 12.3. The van der Waals surface area contributed by atoms with Crippen LogP contribution in [0.5, 0.6) is 11.5 Å². The number of nitrogens with two attached hydrogens (primary N) is 1. The van der Waals surface area contributed by atoms with Gasteiger partial charge in [-0.2, -0.15) is 0 Å². The number of nitrogens with zero attached hydrogens (tertiary/aromatic N) is 4. The van der Waals surface area contributed by atoms with Gasteiger partial charge in [0.2, 0.25) is 0 Å². The Kier molecular flexibility index (Phi) is 7.72. The maximum Gasteiger partial charge on any atom is 0.410 e. The van der Waals surface area contributed by atoms with Crippen molar-refractivity contribution in [3.05, 3.63) is 72.1 Å². The van der Waals surface area contributed by atoms with Gasteiger partial charge in [-0.15, -0.1) is 0 Å². The van der Waals surface area contributed by atoms with E-state index in [2.05, 4.69) is 20.2 Å². The van der Waals surface area contributed by atoms with Crippen molar-refractivity contribution in [1.82, 2.24) is 19.8 Å². The molecular weight excluding hydrogens is 542 g/mol. The smallest absolute Gasteiger partial charge is 0.410 e. The topological polar surface area (TPSA) is 130 Å². The zero-order chi connectivity index (χ0) is 30.2. The van der Waals surface area contributed by atoms with E-state index >= 15 is 0 Å². The maximum atomic E-state index is 12.3. The van der Waals surface area contributed by atoms with Crippen molar-refractivity contribution in [2.75, 3.05) is 37.2 Å². The summed E-state index contributed by atoms with van der Waals surface area (Å²) in [5.74, 6) is 2.35. The minimum atomic E-state index is -0.460. The molecule has 1 amide bonds. The van der Waals surface area contributed by atoms with E-state index in [-0.39, 0.29) is 23.7 Å². The molecule has 1 saturated carbocycles. The molecule has 6 rings (SSSR count). The number of nitrogens with one attached hydrogen (secondary N) is 2. The first-order chi connectivity index (χ1) is 20.6. The van der Waals surface area contributed by atoms with Crippen LogP contribution in [-0.4, -0.2) is 75.4 Å². The second-order valence-corrected chi connectivity index (χ2v) is 13.2. The van der Waals surface area contributed by atoms with Crippen LogP contribution in [0, 0.1) is 10.8 Å². The number of carbonyl (C=O) groups is 1. The van der Waals surface area contributed by atoms with Gasteiger partial charge in [0.15, 0.2) is 0 Å². The number of benzene rings is 2. The quantitative estimate of drug-likeness (QED) is 0.309. The predicted molar refractivity (Wildman–Crippen MR) is 167 cm³/mol. The van der Waals surface area contributed by atoms with Gasteiger partial charge in [0.1, 0.15) is 35.1 Å². The highest BCUT2D eigenvalue weighted by atomic mass is 16.6. The summed E-state index contributed by atoms with van der Waals surface area (Å²) < 4.78 is 11.4. The van der Waals surface area contributed by atoms with E-state index in [1.165, 1.54) is 6.33 Å². The number of aromatic nitrogens is 2. The highest BCUT2D eigenvalue weighted by molar-refractivity contribution is 6.16. The van der Waals surface area contributed by atoms with Gasteiger partial charge in [-0.05, 0) is 88.3 Å². The standard InChI is InChI=1S/C33H41N7O3/c1-32(2,3)43-31(41)39-17-24(18-39)40-19-33(20-40)15-13-23(14-16-33)38-30-27(29(35)36-21-37-30)28(34)22-9-11-26(12-10-22)42-25-7-5-4-6-8-25/h4-12,21,23-24,34H,13-20H2,1-3H3,(H3,35,36,37,38). The van der Waals surface area contributed by atoms with Gasteiger partial charge in [0, 0.05) is 43.8 Å². The molecule has 0 bridgehead atoms. The molecule has 4 N–H and O–H groups in total. The number of nitrogen functional groups attached to an aromatic ring is 1. The SMILES string of the molecule is CC(C)(C)OC(=O)N1CC(N2CC3(CCC(Nc4ncnc(N)c4C(=N)c4ccc(Oc5ccccc5)cc4)CC3)C2)C1. The average Bonchev–Trinajstić information content (AvgIpc) is 2.92. The second-order valence-electron chi connectivity index (χ2n) is 13.2. The Bertz CT molecular complexity index is 1450. The number of amides is 1. The summed E-state index contributed by atoms with van der Waals surface area (Å²) in [5, 5.41) is 12.6. The number of para-hydroxylation sites is 1. The van der Waals surface area contributed by atoms with E-state index in [0.29, 0.717) is 34.2 Å². The first kappa shape index (κ1) is 28.9. The summed E-state index contributed by atoms with van der Waals surface area (Å²) in [7, 11) is 0. The third kappa shape index (κ3) is 6.44. The van der Waals surface area contributed by atoms with Crippen LogP contribution in [0.4, 0.5) is 16.4 Å². The number of hydrogen-bond donors (Lipinski definition) is 3. The van der Waals surface area contributed by atoms with Crippen LogP contribution in [-0.2, 0) is 4.74 Å². The molecule has 3 heterocycles. The summed E-state index contributed by atoms with van der Waals surface area (Å²) in [5.41, 5.74) is 7.70. The van der Waals surface area contributed by atoms with Crippen LogP contribution < -0.4 is 15.8 Å². The molecule has 43 heavy (non-hydrogen) atoms. The zero-order valence-electron chi connectivity index (χ0n) is 25.2. The largest absolute Gasteiger partial charge is 0.457 e. The lowest BCUT2D eigenvalue weighted by Crippen LogP contribution is -2.70. The molecule has 0 atom stereocenters. The normalized spacial score (nSPS) is 18.9.